The van der Waals surface area contributed by atoms with E-state index >= 15 is 0 Å². The van der Waals surface area contributed by atoms with Gasteiger partial charge in [-0.25, -0.2) is 0 Å². The maximum atomic E-state index is 14.6. The van der Waals surface area contributed by atoms with Gasteiger partial charge in [-0.2, -0.15) is 0 Å². The number of anilines is 1. The van der Waals surface area contributed by atoms with Crippen molar-refractivity contribution in [1.82, 2.24) is 4.90 Å². The normalized spacial score (nSPS) is 26.0. The molecule has 0 unspecified atom stereocenters. The van der Waals surface area contributed by atoms with E-state index in [4.69, 9.17) is 23.2 Å². The second-order valence-corrected chi connectivity index (χ2v) is 12.7. The van der Waals surface area contributed by atoms with Crippen molar-refractivity contribution >= 4 is 46.6 Å². The molecule has 1 saturated heterocycles. The predicted molar refractivity (Wildman–Crippen MR) is 163 cm³/mol. The van der Waals surface area contributed by atoms with Crippen molar-refractivity contribution < 1.29 is 14.4 Å². The van der Waals surface area contributed by atoms with Gasteiger partial charge < -0.3 is 5.32 Å². The largest absolute Gasteiger partial charge is 0.324 e. The summed E-state index contributed by atoms with van der Waals surface area (Å²) in [6, 6.07) is 29.1. The van der Waals surface area contributed by atoms with Crippen LogP contribution in [0.25, 0.3) is 0 Å². The first kappa shape index (κ1) is 26.9. The first-order valence-electron chi connectivity index (χ1n) is 14.0. The molecule has 7 heteroatoms. The summed E-state index contributed by atoms with van der Waals surface area (Å²) in [7, 11) is 0. The molecule has 3 aliphatic carbocycles. The van der Waals surface area contributed by atoms with Crippen molar-refractivity contribution in [3.63, 3.8) is 0 Å². The van der Waals surface area contributed by atoms with Gasteiger partial charge >= 0.3 is 0 Å². The van der Waals surface area contributed by atoms with E-state index in [1.165, 1.54) is 0 Å². The molecular formula is C35H28Cl2N2O3. The molecule has 0 aromatic heterocycles. The highest BCUT2D eigenvalue weighted by molar-refractivity contribution is 6.36. The molecule has 0 spiro atoms. The van der Waals surface area contributed by atoms with Gasteiger partial charge in [-0.15, -0.1) is 23.2 Å². The Balaban J connectivity index is 1.38. The average Bonchev–Trinajstić information content (AvgIpc) is 3.27. The SMILES string of the molecule is Cc1cccc(C)c1NC(=O)[C@H](Cc1ccccc1)N1C(=O)[C@@H]2[C@H](C1=O)C1(Cl)c3ccccc3C2(Cl)c2ccccc21. The molecule has 4 aromatic carbocycles. The fourth-order valence-electron chi connectivity index (χ4n) is 7.35. The molecule has 3 atom stereocenters. The number of carbonyl (C=O) groups excluding carboxylic acids is 3. The summed E-state index contributed by atoms with van der Waals surface area (Å²) in [5, 5.41) is 3.04. The summed E-state index contributed by atoms with van der Waals surface area (Å²) >= 11 is 15.2. The molecule has 0 saturated carbocycles. The minimum absolute atomic E-state index is 0.152. The number of amides is 3. The minimum atomic E-state index is -1.31. The van der Waals surface area contributed by atoms with E-state index in [1.54, 1.807) is 0 Å². The lowest BCUT2D eigenvalue weighted by atomic mass is 9.54. The number of nitrogens with zero attached hydrogens (tertiary/aromatic N) is 1. The van der Waals surface area contributed by atoms with Crippen LogP contribution in [-0.2, 0) is 30.6 Å². The van der Waals surface area contributed by atoms with E-state index in [-0.39, 0.29) is 6.42 Å². The van der Waals surface area contributed by atoms with Crippen LogP contribution < -0.4 is 5.32 Å². The number of nitrogens with one attached hydrogen (secondary N) is 1. The molecule has 1 aliphatic heterocycles. The topological polar surface area (TPSA) is 66.5 Å². The van der Waals surface area contributed by atoms with E-state index in [0.717, 1.165) is 43.8 Å². The van der Waals surface area contributed by atoms with Gasteiger partial charge in [-0.1, -0.05) is 97.1 Å². The van der Waals surface area contributed by atoms with Crippen molar-refractivity contribution in [2.45, 2.75) is 36.1 Å². The third-order valence-electron chi connectivity index (χ3n) is 9.23. The van der Waals surface area contributed by atoms with Gasteiger partial charge in [-0.05, 0) is 52.8 Å². The second-order valence-electron chi connectivity index (χ2n) is 11.5. The monoisotopic (exact) mass is 594 g/mol. The molecule has 4 aliphatic rings. The number of aryl methyl sites for hydroxylation is 2. The van der Waals surface area contributed by atoms with Crippen LogP contribution in [0.15, 0.2) is 97.1 Å². The predicted octanol–water partition coefficient (Wildman–Crippen LogP) is 6.45. The molecule has 210 valence electrons. The maximum absolute atomic E-state index is 14.6. The van der Waals surface area contributed by atoms with Crippen LogP contribution in [0.1, 0.15) is 38.9 Å². The molecule has 1 N–H and O–H groups in total. The lowest BCUT2D eigenvalue weighted by Gasteiger charge is -2.54. The van der Waals surface area contributed by atoms with Crippen LogP contribution in [0.2, 0.25) is 0 Å². The van der Waals surface area contributed by atoms with Gasteiger partial charge in [0.25, 0.3) is 0 Å². The van der Waals surface area contributed by atoms with Crippen LogP contribution in [0.3, 0.4) is 0 Å². The Kier molecular flexibility index (Phi) is 6.12. The summed E-state index contributed by atoms with van der Waals surface area (Å²) in [6.45, 7) is 3.83. The van der Waals surface area contributed by atoms with Crippen LogP contribution in [0, 0.1) is 25.7 Å². The molecule has 3 amide bonds. The Morgan fingerprint density at radius 2 is 1.14 bits per heavy atom. The molecule has 1 fully saturated rings. The molecule has 8 rings (SSSR count). The van der Waals surface area contributed by atoms with Crippen molar-refractivity contribution in [3.8, 4) is 0 Å². The number of para-hydroxylation sites is 1. The highest BCUT2D eigenvalue weighted by atomic mass is 35.5. The Morgan fingerprint density at radius 1 is 0.714 bits per heavy atom. The van der Waals surface area contributed by atoms with Gasteiger partial charge in [0, 0.05) is 12.1 Å². The number of alkyl halides is 2. The summed E-state index contributed by atoms with van der Waals surface area (Å²) in [6.07, 6.45) is 0.152. The first-order chi connectivity index (χ1) is 20.2. The van der Waals surface area contributed by atoms with Crippen LogP contribution >= 0.6 is 23.2 Å². The smallest absolute Gasteiger partial charge is 0.248 e. The van der Waals surface area contributed by atoms with E-state index in [1.807, 2.05) is 111 Å². The highest BCUT2D eigenvalue weighted by Gasteiger charge is 2.73. The number of hydrogen-bond donors (Lipinski definition) is 1. The first-order valence-corrected chi connectivity index (χ1v) is 14.8. The van der Waals surface area contributed by atoms with E-state index in [0.29, 0.717) is 5.69 Å². The summed E-state index contributed by atoms with van der Waals surface area (Å²) in [4.78, 5) is 41.9. The standard InChI is InChI=1S/C35H28Cl2N2O3/c1-20-11-10-12-21(2)30(20)38-31(40)27(19-22-13-4-3-5-14-22)39-32(41)28-29(33(39)42)35(37)24-16-7-6-15-23(24)34(28,36)25-17-8-9-18-26(25)35/h3-18,27-29H,19H2,1-2H3,(H,38,40)/t27-,28-,29+,34?,35?/m0/s1. The minimum Gasteiger partial charge on any atom is -0.324 e. The molecule has 0 radical (unpaired) electrons. The van der Waals surface area contributed by atoms with Gasteiger partial charge in [0.05, 0.1) is 11.8 Å². The summed E-state index contributed by atoms with van der Waals surface area (Å²) in [5.74, 6) is -3.34. The molecule has 2 bridgehead atoms. The number of rotatable bonds is 5. The number of halogens is 2. The van der Waals surface area contributed by atoms with Gasteiger partial charge in [0.1, 0.15) is 15.8 Å². The maximum Gasteiger partial charge on any atom is 0.248 e. The zero-order valence-corrected chi connectivity index (χ0v) is 24.6. The molecular weight excluding hydrogens is 567 g/mol. The van der Waals surface area contributed by atoms with E-state index < -0.39 is 45.3 Å². The average molecular weight is 596 g/mol. The Morgan fingerprint density at radius 3 is 1.60 bits per heavy atom. The van der Waals surface area contributed by atoms with E-state index in [9.17, 15) is 14.4 Å². The molecule has 4 aromatic rings. The van der Waals surface area contributed by atoms with Crippen LogP contribution in [-0.4, -0.2) is 28.7 Å². The third kappa shape index (κ3) is 3.53. The van der Waals surface area contributed by atoms with Gasteiger partial charge in [0.15, 0.2) is 0 Å². The summed E-state index contributed by atoms with van der Waals surface area (Å²) in [5.41, 5.74) is 6.17. The van der Waals surface area contributed by atoms with Crippen molar-refractivity contribution in [1.29, 1.82) is 0 Å². The lowest BCUT2D eigenvalue weighted by molar-refractivity contribution is -0.146. The Labute approximate surface area is 254 Å². The number of likely N-dealkylation sites (tertiary alicyclic amines) is 1. The van der Waals surface area contributed by atoms with Crippen LogP contribution in [0.5, 0.6) is 0 Å². The van der Waals surface area contributed by atoms with Crippen molar-refractivity contribution in [2.75, 3.05) is 5.32 Å². The van der Waals surface area contributed by atoms with Crippen molar-refractivity contribution in [2.24, 2.45) is 11.8 Å². The molecule has 1 heterocycles. The fraction of sp³-hybridized carbons (Fsp3) is 0.229. The third-order valence-corrected chi connectivity index (χ3v) is 10.5. The zero-order valence-electron chi connectivity index (χ0n) is 23.1. The second kappa shape index (κ2) is 9.55. The van der Waals surface area contributed by atoms with Crippen LogP contribution in [0.4, 0.5) is 5.69 Å². The van der Waals surface area contributed by atoms with Gasteiger partial charge in [-0.3, -0.25) is 19.3 Å². The summed E-state index contributed by atoms with van der Waals surface area (Å²) < 4.78 is 0. The lowest BCUT2D eigenvalue weighted by Crippen LogP contribution is -2.57. The number of carbonyl (C=O) groups is 3. The Hall–Kier alpha value is -3.93. The van der Waals surface area contributed by atoms with E-state index in [2.05, 4.69) is 5.32 Å². The quantitative estimate of drug-likeness (QED) is 0.213. The number of benzene rings is 4. The van der Waals surface area contributed by atoms with Gasteiger partial charge in [0.2, 0.25) is 17.7 Å². The van der Waals surface area contributed by atoms with Crippen molar-refractivity contribution in [3.05, 3.63) is 136 Å². The fourth-order valence-corrected chi connectivity index (χ4v) is 8.45. The number of hydrogen-bond acceptors (Lipinski definition) is 3. The number of imide groups is 1. The zero-order chi connectivity index (χ0) is 29.4. The molecule has 42 heavy (non-hydrogen) atoms. The Bertz CT molecular complexity index is 1640. The highest BCUT2D eigenvalue weighted by Crippen LogP contribution is 2.69. The molecule has 5 nitrogen and oxygen atoms in total.